The number of hydrogen-bond acceptors (Lipinski definition) is 6. The number of aromatic amines is 1. The highest BCUT2D eigenvalue weighted by Crippen LogP contribution is 2.21. The van der Waals surface area contributed by atoms with Gasteiger partial charge in [-0.2, -0.15) is 11.8 Å². The summed E-state index contributed by atoms with van der Waals surface area (Å²) in [5.74, 6) is 3.06. The normalized spacial score (nSPS) is 10.7. The lowest BCUT2D eigenvalue weighted by molar-refractivity contribution is 0.831. The minimum Gasteiger partial charge on any atom is -0.371 e. The maximum absolute atomic E-state index is 4.97. The van der Waals surface area contributed by atoms with Crippen molar-refractivity contribution in [2.45, 2.75) is 12.3 Å². The third kappa shape index (κ3) is 5.24. The summed E-state index contributed by atoms with van der Waals surface area (Å²) in [6.45, 7) is 1.87. The highest BCUT2D eigenvalue weighted by atomic mass is 32.2. The van der Waals surface area contributed by atoms with Crippen molar-refractivity contribution in [3.63, 3.8) is 0 Å². The third-order valence-corrected chi connectivity index (χ3v) is 5.03. The number of rotatable bonds is 8. The monoisotopic (exact) mass is 326 g/mol. The molecule has 0 radical (unpaired) electrons. The van der Waals surface area contributed by atoms with Crippen LogP contribution in [0.5, 0.6) is 0 Å². The van der Waals surface area contributed by atoms with Crippen molar-refractivity contribution < 1.29 is 0 Å². The molecular weight excluding hydrogens is 308 g/mol. The highest BCUT2D eigenvalue weighted by Gasteiger charge is 1.99. The third-order valence-electron chi connectivity index (χ3n) is 2.55. The first kappa shape index (κ1) is 15.5. The minimum absolute atomic E-state index is 0.512. The van der Waals surface area contributed by atoms with Gasteiger partial charge in [-0.25, -0.2) is 4.98 Å². The number of nitrogens with zero attached hydrogens (tertiary/aromatic N) is 1. The number of H-pyrrole nitrogens is 1. The standard InChI is InChI=1S/C13H18N4S3/c1-14-8-10-2-3-11(20-10)9-19-7-6-15-12-4-5-16-13(18)17-12/h2-5,14H,6-9H2,1H3,(H2,15,16,17,18). The topological polar surface area (TPSA) is 52.7 Å². The summed E-state index contributed by atoms with van der Waals surface area (Å²) in [5.41, 5.74) is 0. The molecule has 0 fully saturated rings. The Labute approximate surface area is 132 Å². The average Bonchev–Trinajstić information content (AvgIpc) is 2.87. The van der Waals surface area contributed by atoms with Crippen molar-refractivity contribution in [2.75, 3.05) is 24.7 Å². The molecule has 108 valence electrons. The lowest BCUT2D eigenvalue weighted by atomic mass is 10.4. The van der Waals surface area contributed by atoms with E-state index in [1.165, 1.54) is 9.75 Å². The highest BCUT2D eigenvalue weighted by molar-refractivity contribution is 7.98. The van der Waals surface area contributed by atoms with Gasteiger partial charge in [0.25, 0.3) is 0 Å². The zero-order valence-electron chi connectivity index (χ0n) is 11.3. The number of hydrogen-bond donors (Lipinski definition) is 3. The molecule has 0 aliphatic carbocycles. The molecule has 3 N–H and O–H groups in total. The first-order chi connectivity index (χ1) is 9.78. The molecule has 7 heteroatoms. The van der Waals surface area contributed by atoms with Crippen LogP contribution in [-0.4, -0.2) is 29.3 Å². The Morgan fingerprint density at radius 2 is 2.20 bits per heavy atom. The van der Waals surface area contributed by atoms with E-state index in [9.17, 15) is 0 Å². The predicted octanol–water partition coefficient (Wildman–Crippen LogP) is 3.27. The molecule has 0 amide bonds. The van der Waals surface area contributed by atoms with E-state index in [4.69, 9.17) is 12.2 Å². The fourth-order valence-corrected chi connectivity index (χ4v) is 3.84. The fourth-order valence-electron chi connectivity index (χ4n) is 1.67. The van der Waals surface area contributed by atoms with E-state index in [1.54, 1.807) is 6.20 Å². The number of thiophene rings is 1. The molecule has 0 bridgehead atoms. The number of nitrogens with one attached hydrogen (secondary N) is 3. The second kappa shape index (κ2) is 8.41. The Morgan fingerprint density at radius 1 is 1.35 bits per heavy atom. The van der Waals surface area contributed by atoms with Crippen molar-refractivity contribution >= 4 is 41.1 Å². The van der Waals surface area contributed by atoms with E-state index in [1.807, 2.05) is 36.2 Å². The predicted molar refractivity (Wildman–Crippen MR) is 91.2 cm³/mol. The van der Waals surface area contributed by atoms with Gasteiger partial charge in [-0.1, -0.05) is 0 Å². The summed E-state index contributed by atoms with van der Waals surface area (Å²) in [4.78, 5) is 9.79. The average molecular weight is 327 g/mol. The molecule has 0 saturated heterocycles. The molecule has 4 nitrogen and oxygen atoms in total. The second-order valence-corrected chi connectivity index (χ2v) is 6.91. The van der Waals surface area contributed by atoms with E-state index in [2.05, 4.69) is 32.7 Å². The molecule has 2 aromatic heterocycles. The fraction of sp³-hybridized carbons (Fsp3) is 0.385. The molecule has 0 aliphatic rings. The van der Waals surface area contributed by atoms with Crippen LogP contribution in [0.25, 0.3) is 0 Å². The molecule has 2 heterocycles. The lowest BCUT2D eigenvalue weighted by Crippen LogP contribution is -2.05. The van der Waals surface area contributed by atoms with Crippen molar-refractivity contribution in [1.82, 2.24) is 15.3 Å². The summed E-state index contributed by atoms with van der Waals surface area (Å²) in [6.07, 6.45) is 1.71. The van der Waals surface area contributed by atoms with Gasteiger partial charge in [0.2, 0.25) is 0 Å². The van der Waals surface area contributed by atoms with E-state index >= 15 is 0 Å². The maximum Gasteiger partial charge on any atom is 0.198 e. The Balaban J connectivity index is 1.65. The van der Waals surface area contributed by atoms with Crippen LogP contribution in [-0.2, 0) is 12.3 Å². The quantitative estimate of drug-likeness (QED) is 0.513. The minimum atomic E-state index is 0.512. The van der Waals surface area contributed by atoms with Crippen molar-refractivity contribution in [3.8, 4) is 0 Å². The lowest BCUT2D eigenvalue weighted by Gasteiger charge is -2.05. The molecule has 2 aromatic rings. The molecule has 0 spiro atoms. The van der Waals surface area contributed by atoms with E-state index < -0.39 is 0 Å². The van der Waals surface area contributed by atoms with Crippen molar-refractivity contribution in [3.05, 3.63) is 38.9 Å². The largest absolute Gasteiger partial charge is 0.371 e. The van der Waals surface area contributed by atoms with Gasteiger partial charge in [0, 0.05) is 40.5 Å². The first-order valence-electron chi connectivity index (χ1n) is 6.37. The van der Waals surface area contributed by atoms with Crippen LogP contribution in [0.4, 0.5) is 5.82 Å². The van der Waals surface area contributed by atoms with Crippen LogP contribution < -0.4 is 10.6 Å². The Morgan fingerprint density at radius 3 is 3.00 bits per heavy atom. The Hall–Kier alpha value is -0.890. The van der Waals surface area contributed by atoms with Gasteiger partial charge < -0.3 is 15.6 Å². The molecule has 0 aliphatic heterocycles. The van der Waals surface area contributed by atoms with Crippen LogP contribution >= 0.6 is 35.3 Å². The zero-order valence-corrected chi connectivity index (χ0v) is 13.8. The zero-order chi connectivity index (χ0) is 14.2. The summed E-state index contributed by atoms with van der Waals surface area (Å²) >= 11 is 8.79. The van der Waals surface area contributed by atoms with Crippen LogP contribution in [0, 0.1) is 4.77 Å². The van der Waals surface area contributed by atoms with Gasteiger partial charge in [0.05, 0.1) is 0 Å². The molecule has 0 aromatic carbocycles. The van der Waals surface area contributed by atoms with Gasteiger partial charge in [0.1, 0.15) is 5.82 Å². The van der Waals surface area contributed by atoms with Crippen LogP contribution in [0.1, 0.15) is 9.75 Å². The van der Waals surface area contributed by atoms with Crippen LogP contribution in [0.2, 0.25) is 0 Å². The smallest absolute Gasteiger partial charge is 0.198 e. The van der Waals surface area contributed by atoms with Crippen LogP contribution in [0.15, 0.2) is 24.4 Å². The van der Waals surface area contributed by atoms with E-state index in [-0.39, 0.29) is 0 Å². The molecule has 20 heavy (non-hydrogen) atoms. The summed E-state index contributed by atoms with van der Waals surface area (Å²) in [5, 5.41) is 6.48. The molecule has 0 unspecified atom stereocenters. The van der Waals surface area contributed by atoms with Gasteiger partial charge in [0.15, 0.2) is 4.77 Å². The maximum atomic E-state index is 4.97. The molecular formula is C13H18N4S3. The Bertz CT molecular complexity index is 579. The Kier molecular flexibility index (Phi) is 6.52. The van der Waals surface area contributed by atoms with Crippen LogP contribution in [0.3, 0.4) is 0 Å². The van der Waals surface area contributed by atoms with Gasteiger partial charge in [-0.3, -0.25) is 0 Å². The summed E-state index contributed by atoms with van der Waals surface area (Å²) in [7, 11) is 1.98. The van der Waals surface area contributed by atoms with Gasteiger partial charge >= 0.3 is 0 Å². The van der Waals surface area contributed by atoms with Crippen molar-refractivity contribution in [1.29, 1.82) is 0 Å². The first-order valence-corrected chi connectivity index (χ1v) is 8.75. The van der Waals surface area contributed by atoms with E-state index in [0.29, 0.717) is 4.77 Å². The molecule has 2 rings (SSSR count). The van der Waals surface area contributed by atoms with Gasteiger partial charge in [-0.15, -0.1) is 11.3 Å². The summed E-state index contributed by atoms with van der Waals surface area (Å²) < 4.78 is 0.512. The molecule has 0 atom stereocenters. The number of anilines is 1. The second-order valence-electron chi connectivity index (χ2n) is 4.17. The SMILES string of the molecule is CNCc1ccc(CSCCNc2ccnc(=S)[nH]2)s1. The van der Waals surface area contributed by atoms with Crippen molar-refractivity contribution in [2.24, 2.45) is 0 Å². The number of aromatic nitrogens is 2. The summed E-state index contributed by atoms with van der Waals surface area (Å²) in [6, 6.07) is 6.31. The number of thioether (sulfide) groups is 1. The molecule has 0 saturated carbocycles. The van der Waals surface area contributed by atoms with E-state index in [0.717, 1.165) is 30.4 Å². The van der Waals surface area contributed by atoms with Gasteiger partial charge in [-0.05, 0) is 37.5 Å².